The molecule has 4 rings (SSSR count). The number of benzene rings is 3. The number of halogens is 1. The summed E-state index contributed by atoms with van der Waals surface area (Å²) in [6.07, 6.45) is 0.468. The third kappa shape index (κ3) is 5.53. The van der Waals surface area contributed by atoms with E-state index in [4.69, 9.17) is 9.15 Å². The molecule has 0 aliphatic carbocycles. The lowest BCUT2D eigenvalue weighted by Gasteiger charge is -2.15. The molecule has 162 valence electrons. The molecule has 0 bridgehead atoms. The van der Waals surface area contributed by atoms with Gasteiger partial charge < -0.3 is 14.5 Å². The minimum Gasteiger partial charge on any atom is -0.497 e. The number of anilines is 1. The van der Waals surface area contributed by atoms with Crippen LogP contribution >= 0.6 is 11.8 Å². The van der Waals surface area contributed by atoms with Gasteiger partial charge in [0, 0.05) is 5.69 Å². The summed E-state index contributed by atoms with van der Waals surface area (Å²) in [5.41, 5.74) is 2.29. The Bertz CT molecular complexity index is 1170. The number of carbonyl (C=O) groups is 1. The van der Waals surface area contributed by atoms with Gasteiger partial charge in [0.2, 0.25) is 11.8 Å². The summed E-state index contributed by atoms with van der Waals surface area (Å²) in [7, 11) is 1.62. The van der Waals surface area contributed by atoms with Gasteiger partial charge in [-0.1, -0.05) is 42.5 Å². The second-order valence-corrected chi connectivity index (χ2v) is 7.95. The molecule has 3 aromatic carbocycles. The third-order valence-electron chi connectivity index (χ3n) is 4.63. The Morgan fingerprint density at radius 1 is 1.03 bits per heavy atom. The highest BCUT2D eigenvalue weighted by Gasteiger charge is 2.25. The Kier molecular flexibility index (Phi) is 6.81. The number of amides is 1. The molecule has 0 fully saturated rings. The summed E-state index contributed by atoms with van der Waals surface area (Å²) < 4.78 is 24.1. The highest BCUT2D eigenvalue weighted by atomic mass is 32.2. The van der Waals surface area contributed by atoms with Gasteiger partial charge in [-0.3, -0.25) is 4.79 Å². The zero-order chi connectivity index (χ0) is 22.3. The van der Waals surface area contributed by atoms with Crippen LogP contribution in [0.25, 0.3) is 0 Å². The van der Waals surface area contributed by atoms with Crippen molar-refractivity contribution in [2.24, 2.45) is 0 Å². The largest absolute Gasteiger partial charge is 0.497 e. The van der Waals surface area contributed by atoms with E-state index >= 15 is 0 Å². The first kappa shape index (κ1) is 21.6. The summed E-state index contributed by atoms with van der Waals surface area (Å²) in [5, 5.41) is 10.7. The fraction of sp³-hybridized carbons (Fsp3) is 0.125. The lowest BCUT2D eigenvalue weighted by atomic mass is 10.1. The Balaban J connectivity index is 1.49. The van der Waals surface area contributed by atoms with Crippen LogP contribution in [0.3, 0.4) is 0 Å². The van der Waals surface area contributed by atoms with Crippen LogP contribution in [-0.4, -0.2) is 23.2 Å². The Morgan fingerprint density at radius 2 is 1.75 bits per heavy atom. The molecule has 1 atom stereocenters. The van der Waals surface area contributed by atoms with Gasteiger partial charge in [0.25, 0.3) is 5.22 Å². The standard InChI is InChI=1S/C24H20FN3O3S/c1-30-20-13-7-16(8-14-20)15-21-27-28-24(31-21)32-22(17-5-3-2-4-6-17)23(29)26-19-11-9-18(25)10-12-19/h2-14,22H,15H2,1H3,(H,26,29)/t22-/m1/s1. The topological polar surface area (TPSA) is 77.2 Å². The quantitative estimate of drug-likeness (QED) is 0.369. The normalized spacial score (nSPS) is 11.7. The smallest absolute Gasteiger partial charge is 0.277 e. The van der Waals surface area contributed by atoms with Crippen molar-refractivity contribution >= 4 is 23.4 Å². The van der Waals surface area contributed by atoms with Crippen LogP contribution < -0.4 is 10.1 Å². The fourth-order valence-electron chi connectivity index (χ4n) is 3.02. The lowest BCUT2D eigenvalue weighted by Crippen LogP contribution is -2.19. The lowest BCUT2D eigenvalue weighted by molar-refractivity contribution is -0.115. The first-order valence-electron chi connectivity index (χ1n) is 9.84. The minimum absolute atomic E-state index is 0.275. The van der Waals surface area contributed by atoms with Crippen LogP contribution in [0.15, 0.2) is 88.5 Å². The molecule has 0 aliphatic rings. The maximum Gasteiger partial charge on any atom is 0.277 e. The van der Waals surface area contributed by atoms with Crippen molar-refractivity contribution in [2.45, 2.75) is 16.9 Å². The van der Waals surface area contributed by atoms with E-state index in [-0.39, 0.29) is 16.9 Å². The molecule has 1 heterocycles. The van der Waals surface area contributed by atoms with Gasteiger partial charge >= 0.3 is 0 Å². The van der Waals surface area contributed by atoms with E-state index in [1.165, 1.54) is 24.3 Å². The van der Waals surface area contributed by atoms with E-state index < -0.39 is 5.25 Å². The average molecular weight is 450 g/mol. The molecule has 8 heteroatoms. The van der Waals surface area contributed by atoms with Gasteiger partial charge in [-0.25, -0.2) is 4.39 Å². The van der Waals surface area contributed by atoms with Crippen LogP contribution in [0.2, 0.25) is 0 Å². The van der Waals surface area contributed by atoms with Crippen molar-refractivity contribution in [3.8, 4) is 5.75 Å². The van der Waals surface area contributed by atoms with E-state index in [1.807, 2.05) is 54.6 Å². The zero-order valence-electron chi connectivity index (χ0n) is 17.2. The molecule has 32 heavy (non-hydrogen) atoms. The Hall–Kier alpha value is -3.65. The van der Waals surface area contributed by atoms with Gasteiger partial charge in [0.05, 0.1) is 13.5 Å². The van der Waals surface area contributed by atoms with Crippen molar-refractivity contribution in [3.05, 3.63) is 102 Å². The molecule has 0 aliphatic heterocycles. The number of ether oxygens (including phenoxy) is 1. The highest BCUT2D eigenvalue weighted by Crippen LogP contribution is 2.35. The summed E-state index contributed by atoms with van der Waals surface area (Å²) >= 11 is 1.16. The summed E-state index contributed by atoms with van der Waals surface area (Å²) in [6.45, 7) is 0. The number of hydrogen-bond donors (Lipinski definition) is 1. The second-order valence-electron chi connectivity index (χ2n) is 6.89. The summed E-state index contributed by atoms with van der Waals surface area (Å²) in [5.74, 6) is 0.576. The van der Waals surface area contributed by atoms with Gasteiger partial charge in [-0.2, -0.15) is 0 Å². The second kappa shape index (κ2) is 10.1. The van der Waals surface area contributed by atoms with Gasteiger partial charge in [-0.15, -0.1) is 10.2 Å². The maximum atomic E-state index is 13.2. The van der Waals surface area contributed by atoms with Crippen molar-refractivity contribution in [2.75, 3.05) is 12.4 Å². The molecule has 4 aromatic rings. The fourth-order valence-corrected chi connectivity index (χ4v) is 3.91. The molecular formula is C24H20FN3O3S. The highest BCUT2D eigenvalue weighted by molar-refractivity contribution is 8.00. The molecule has 0 unspecified atom stereocenters. The number of methoxy groups -OCH3 is 1. The first-order chi connectivity index (χ1) is 15.6. The number of aromatic nitrogens is 2. The number of rotatable bonds is 8. The van der Waals surface area contributed by atoms with E-state index in [0.717, 1.165) is 28.6 Å². The van der Waals surface area contributed by atoms with Gasteiger partial charge in [0.15, 0.2) is 0 Å². The van der Waals surface area contributed by atoms with Gasteiger partial charge in [0.1, 0.15) is 16.8 Å². The van der Waals surface area contributed by atoms with Crippen molar-refractivity contribution in [1.82, 2.24) is 10.2 Å². The first-order valence-corrected chi connectivity index (χ1v) is 10.7. The minimum atomic E-state index is -0.629. The zero-order valence-corrected chi connectivity index (χ0v) is 18.0. The van der Waals surface area contributed by atoms with Crippen LogP contribution in [0.5, 0.6) is 5.75 Å². The maximum absolute atomic E-state index is 13.2. The molecule has 1 N–H and O–H groups in total. The Morgan fingerprint density at radius 3 is 2.44 bits per heavy atom. The van der Waals surface area contributed by atoms with Crippen molar-refractivity contribution in [1.29, 1.82) is 0 Å². The molecule has 0 radical (unpaired) electrons. The molecule has 0 saturated carbocycles. The van der Waals surface area contributed by atoms with E-state index in [9.17, 15) is 9.18 Å². The molecule has 1 amide bonds. The molecule has 6 nitrogen and oxygen atoms in total. The predicted molar refractivity (Wildman–Crippen MR) is 120 cm³/mol. The number of hydrogen-bond acceptors (Lipinski definition) is 6. The molecular weight excluding hydrogens is 429 g/mol. The average Bonchev–Trinajstić information content (AvgIpc) is 3.27. The van der Waals surface area contributed by atoms with Crippen molar-refractivity contribution < 1.29 is 18.3 Å². The summed E-state index contributed by atoms with van der Waals surface area (Å²) in [4.78, 5) is 13.0. The monoisotopic (exact) mass is 449 g/mol. The number of nitrogens with zero attached hydrogens (tertiary/aromatic N) is 2. The molecule has 0 saturated heterocycles. The van der Waals surface area contributed by atoms with E-state index in [2.05, 4.69) is 15.5 Å². The van der Waals surface area contributed by atoms with Crippen LogP contribution in [0, 0.1) is 5.82 Å². The number of nitrogens with one attached hydrogen (secondary N) is 1. The third-order valence-corrected chi connectivity index (χ3v) is 5.72. The van der Waals surface area contributed by atoms with Crippen LogP contribution in [-0.2, 0) is 11.2 Å². The number of thioether (sulfide) groups is 1. The van der Waals surface area contributed by atoms with Crippen LogP contribution in [0.4, 0.5) is 10.1 Å². The number of carbonyl (C=O) groups excluding carboxylic acids is 1. The molecule has 1 aromatic heterocycles. The van der Waals surface area contributed by atoms with E-state index in [1.54, 1.807) is 7.11 Å². The van der Waals surface area contributed by atoms with E-state index in [0.29, 0.717) is 18.0 Å². The molecule has 0 spiro atoms. The van der Waals surface area contributed by atoms with Crippen LogP contribution in [0.1, 0.15) is 22.3 Å². The predicted octanol–water partition coefficient (Wildman–Crippen LogP) is 5.28. The Labute approximate surface area is 188 Å². The van der Waals surface area contributed by atoms with Gasteiger partial charge in [-0.05, 0) is 59.3 Å². The van der Waals surface area contributed by atoms with Crippen molar-refractivity contribution in [3.63, 3.8) is 0 Å². The summed E-state index contributed by atoms with van der Waals surface area (Å²) in [6, 6.07) is 22.5. The SMILES string of the molecule is COc1ccc(Cc2nnc(S[C@@H](C(=O)Nc3ccc(F)cc3)c3ccccc3)o2)cc1.